The molecule has 3 N–H and O–H groups in total. The third-order valence-corrected chi connectivity index (χ3v) is 3.39. The predicted octanol–water partition coefficient (Wildman–Crippen LogP) is 2.07. The van der Waals surface area contributed by atoms with Gasteiger partial charge >= 0.3 is 0 Å². The monoisotopic (exact) mass is 277 g/mol. The van der Waals surface area contributed by atoms with Crippen molar-refractivity contribution < 1.29 is 9.53 Å². The summed E-state index contributed by atoms with van der Waals surface area (Å²) in [4.78, 5) is 12.4. The first kappa shape index (κ1) is 14.7. The molecule has 0 saturated carbocycles. The Bertz CT molecular complexity index is 456. The molecule has 0 saturated heterocycles. The molecule has 110 valence electrons. The van der Waals surface area contributed by atoms with Gasteiger partial charge in [0, 0.05) is 20.2 Å². The molecule has 5 nitrogen and oxygen atoms in total. The van der Waals surface area contributed by atoms with E-state index in [2.05, 4.69) is 22.9 Å². The zero-order valence-corrected chi connectivity index (χ0v) is 12.2. The Morgan fingerprint density at radius 2 is 2.20 bits per heavy atom. The fourth-order valence-electron chi connectivity index (χ4n) is 2.47. The van der Waals surface area contributed by atoms with E-state index in [4.69, 9.17) is 4.74 Å². The van der Waals surface area contributed by atoms with Crippen LogP contribution < -0.4 is 16.0 Å². The van der Waals surface area contributed by atoms with E-state index in [9.17, 15) is 4.79 Å². The van der Waals surface area contributed by atoms with Gasteiger partial charge in [-0.05, 0) is 18.6 Å². The van der Waals surface area contributed by atoms with Crippen molar-refractivity contribution in [3.05, 3.63) is 23.8 Å². The Labute approximate surface area is 120 Å². The van der Waals surface area contributed by atoms with Gasteiger partial charge in [-0.2, -0.15) is 0 Å². The van der Waals surface area contributed by atoms with E-state index < -0.39 is 0 Å². The van der Waals surface area contributed by atoms with Gasteiger partial charge in [-0.3, -0.25) is 4.79 Å². The molecule has 0 aliphatic carbocycles. The molecular weight excluding hydrogens is 254 g/mol. The average molecular weight is 277 g/mol. The van der Waals surface area contributed by atoms with Gasteiger partial charge in [-0.1, -0.05) is 19.4 Å². The van der Waals surface area contributed by atoms with Gasteiger partial charge in [-0.25, -0.2) is 0 Å². The molecule has 0 bridgehead atoms. The lowest BCUT2D eigenvalue weighted by Crippen LogP contribution is -2.38. The number of amides is 1. The van der Waals surface area contributed by atoms with Crippen LogP contribution in [0.3, 0.4) is 0 Å². The van der Waals surface area contributed by atoms with Crippen molar-refractivity contribution in [2.75, 3.05) is 37.4 Å². The summed E-state index contributed by atoms with van der Waals surface area (Å²) in [6.07, 6.45) is 1.93. The summed E-state index contributed by atoms with van der Waals surface area (Å²) >= 11 is 0. The molecule has 0 fully saturated rings. The van der Waals surface area contributed by atoms with Crippen LogP contribution >= 0.6 is 0 Å². The van der Waals surface area contributed by atoms with Gasteiger partial charge < -0.3 is 20.7 Å². The van der Waals surface area contributed by atoms with Crippen LogP contribution in [0.1, 0.15) is 30.1 Å². The summed E-state index contributed by atoms with van der Waals surface area (Å²) in [5.41, 5.74) is 2.57. The van der Waals surface area contributed by atoms with Crippen LogP contribution in [-0.2, 0) is 4.74 Å². The summed E-state index contributed by atoms with van der Waals surface area (Å²) < 4.78 is 5.16. The summed E-state index contributed by atoms with van der Waals surface area (Å²) in [6, 6.07) is 5.80. The van der Waals surface area contributed by atoms with Gasteiger partial charge in [0.05, 0.1) is 29.6 Å². The second kappa shape index (κ2) is 7.14. The SMILES string of the molecule is CCCC(COC)NC(=O)c1cccc2c1NCCN2. The van der Waals surface area contributed by atoms with E-state index in [1.54, 1.807) is 7.11 Å². The Kier molecular flexibility index (Phi) is 5.24. The van der Waals surface area contributed by atoms with E-state index in [1.807, 2.05) is 18.2 Å². The van der Waals surface area contributed by atoms with Crippen molar-refractivity contribution >= 4 is 17.3 Å². The van der Waals surface area contributed by atoms with Gasteiger partial charge in [0.15, 0.2) is 0 Å². The molecule has 1 aliphatic rings. The quantitative estimate of drug-likeness (QED) is 0.745. The largest absolute Gasteiger partial charge is 0.383 e. The molecule has 1 heterocycles. The van der Waals surface area contributed by atoms with Crippen LogP contribution in [0, 0.1) is 0 Å². The van der Waals surface area contributed by atoms with Gasteiger partial charge in [0.2, 0.25) is 0 Å². The summed E-state index contributed by atoms with van der Waals surface area (Å²) in [5, 5.41) is 9.64. The fraction of sp³-hybridized carbons (Fsp3) is 0.533. The number of fused-ring (bicyclic) bond motifs is 1. The number of benzene rings is 1. The highest BCUT2D eigenvalue weighted by molar-refractivity contribution is 6.02. The number of anilines is 2. The Morgan fingerprint density at radius 3 is 2.95 bits per heavy atom. The lowest BCUT2D eigenvalue weighted by molar-refractivity contribution is 0.0892. The van der Waals surface area contributed by atoms with E-state index in [-0.39, 0.29) is 11.9 Å². The summed E-state index contributed by atoms with van der Waals surface area (Å²) in [5.74, 6) is -0.0476. The zero-order chi connectivity index (χ0) is 14.4. The smallest absolute Gasteiger partial charge is 0.253 e. The molecule has 0 aromatic heterocycles. The second-order valence-corrected chi connectivity index (χ2v) is 5.00. The number of rotatable bonds is 6. The van der Waals surface area contributed by atoms with Crippen LogP contribution in [0.5, 0.6) is 0 Å². The molecule has 1 aliphatic heterocycles. The van der Waals surface area contributed by atoms with Crippen LogP contribution in [0.2, 0.25) is 0 Å². The first-order valence-corrected chi connectivity index (χ1v) is 7.16. The minimum atomic E-state index is -0.0476. The fourth-order valence-corrected chi connectivity index (χ4v) is 2.47. The number of para-hydroxylation sites is 1. The van der Waals surface area contributed by atoms with Crippen molar-refractivity contribution in [1.29, 1.82) is 0 Å². The molecule has 1 aromatic rings. The molecule has 20 heavy (non-hydrogen) atoms. The van der Waals surface area contributed by atoms with Crippen LogP contribution in [0.15, 0.2) is 18.2 Å². The topological polar surface area (TPSA) is 62.4 Å². The highest BCUT2D eigenvalue weighted by Gasteiger charge is 2.19. The average Bonchev–Trinajstić information content (AvgIpc) is 2.47. The molecule has 1 amide bonds. The Hall–Kier alpha value is -1.75. The molecule has 1 atom stereocenters. The molecule has 1 unspecified atom stereocenters. The minimum Gasteiger partial charge on any atom is -0.383 e. The number of ether oxygens (including phenoxy) is 1. The van der Waals surface area contributed by atoms with Crippen molar-refractivity contribution in [3.8, 4) is 0 Å². The maximum Gasteiger partial charge on any atom is 0.253 e. The number of methoxy groups -OCH3 is 1. The highest BCUT2D eigenvalue weighted by atomic mass is 16.5. The van der Waals surface area contributed by atoms with Crippen molar-refractivity contribution in [2.24, 2.45) is 0 Å². The van der Waals surface area contributed by atoms with Crippen molar-refractivity contribution in [2.45, 2.75) is 25.8 Å². The molecule has 2 rings (SSSR count). The molecule has 0 radical (unpaired) electrons. The lowest BCUT2D eigenvalue weighted by atomic mass is 10.1. The van der Waals surface area contributed by atoms with E-state index in [1.165, 1.54) is 0 Å². The molecular formula is C15H23N3O2. The number of nitrogens with one attached hydrogen (secondary N) is 3. The summed E-state index contributed by atoms with van der Waals surface area (Å²) in [7, 11) is 1.66. The standard InChI is InChI=1S/C15H23N3O2/c1-3-5-11(10-20-2)18-15(19)12-6-4-7-13-14(12)17-9-8-16-13/h4,6-7,11,16-17H,3,5,8-10H2,1-2H3,(H,18,19). The van der Waals surface area contributed by atoms with Crippen LogP contribution in [0.25, 0.3) is 0 Å². The Morgan fingerprint density at radius 1 is 1.40 bits per heavy atom. The number of hydrogen-bond acceptors (Lipinski definition) is 4. The molecule has 1 aromatic carbocycles. The van der Waals surface area contributed by atoms with Gasteiger partial charge in [0.1, 0.15) is 0 Å². The van der Waals surface area contributed by atoms with Gasteiger partial charge in [-0.15, -0.1) is 0 Å². The van der Waals surface area contributed by atoms with E-state index in [0.29, 0.717) is 12.2 Å². The first-order chi connectivity index (χ1) is 9.76. The third-order valence-electron chi connectivity index (χ3n) is 3.39. The maximum atomic E-state index is 12.4. The van der Waals surface area contributed by atoms with Crippen LogP contribution in [0.4, 0.5) is 11.4 Å². The first-order valence-electron chi connectivity index (χ1n) is 7.16. The number of carbonyl (C=O) groups excluding carboxylic acids is 1. The predicted molar refractivity (Wildman–Crippen MR) is 81.5 cm³/mol. The number of carbonyl (C=O) groups is 1. The normalized spacial score (nSPS) is 14.7. The van der Waals surface area contributed by atoms with E-state index in [0.717, 1.165) is 37.3 Å². The highest BCUT2D eigenvalue weighted by Crippen LogP contribution is 2.28. The maximum absolute atomic E-state index is 12.4. The van der Waals surface area contributed by atoms with Crippen molar-refractivity contribution in [3.63, 3.8) is 0 Å². The van der Waals surface area contributed by atoms with Crippen molar-refractivity contribution in [1.82, 2.24) is 5.32 Å². The molecule has 5 heteroatoms. The minimum absolute atomic E-state index is 0.0476. The lowest BCUT2D eigenvalue weighted by Gasteiger charge is -2.23. The molecule has 0 spiro atoms. The third kappa shape index (κ3) is 3.42. The zero-order valence-electron chi connectivity index (χ0n) is 12.2. The van der Waals surface area contributed by atoms with Gasteiger partial charge in [0.25, 0.3) is 5.91 Å². The Balaban J connectivity index is 2.12. The van der Waals surface area contributed by atoms with Crippen LogP contribution in [-0.4, -0.2) is 38.8 Å². The summed E-state index contributed by atoms with van der Waals surface area (Å²) in [6.45, 7) is 4.35. The second-order valence-electron chi connectivity index (χ2n) is 5.00. The number of hydrogen-bond donors (Lipinski definition) is 3. The van der Waals surface area contributed by atoms with E-state index >= 15 is 0 Å².